The van der Waals surface area contributed by atoms with Gasteiger partial charge < -0.3 is 24.8 Å². The molecule has 1 aliphatic rings. The molecule has 0 amide bonds. The zero-order valence-corrected chi connectivity index (χ0v) is 39.7. The molecular weight excluding hydrogens is 1020 g/mol. The third kappa shape index (κ3) is 7.54. The molecule has 71 heavy (non-hydrogen) atoms. The summed E-state index contributed by atoms with van der Waals surface area (Å²) in [4.78, 5) is 82.2. The van der Waals surface area contributed by atoms with E-state index in [4.69, 9.17) is 19.9 Å². The molecule has 338 valence electrons. The summed E-state index contributed by atoms with van der Waals surface area (Å²) in [5.41, 5.74) is 8.09. The first kappa shape index (κ1) is 46.1. The normalized spacial score (nSPS) is 11.7. The van der Waals surface area contributed by atoms with Crippen molar-refractivity contribution in [2.75, 3.05) is 0 Å². The molecule has 14 nitrogen and oxygen atoms in total. The largest absolute Gasteiger partial charge is 2.00 e. The van der Waals surface area contributed by atoms with Gasteiger partial charge in [0.1, 0.15) is 22.8 Å². The van der Waals surface area contributed by atoms with Crippen LogP contribution in [-0.4, -0.2) is 71.4 Å². The van der Waals surface area contributed by atoms with Crippen molar-refractivity contribution in [1.82, 2.24) is 59.8 Å². The molecule has 4 aromatic carbocycles. The second-order valence-electron chi connectivity index (χ2n) is 15.9. The van der Waals surface area contributed by atoms with E-state index in [1.54, 1.807) is 73.8 Å². The first-order valence-corrected chi connectivity index (χ1v) is 21.5. The molecule has 0 aliphatic heterocycles. The average Bonchev–Trinajstić information content (AvgIpc) is 3.42. The van der Waals surface area contributed by atoms with E-state index >= 15 is 0 Å². The van der Waals surface area contributed by atoms with Crippen molar-refractivity contribution in [3.05, 3.63) is 194 Å². The molecule has 0 radical (unpaired) electrons. The van der Waals surface area contributed by atoms with E-state index in [0.717, 1.165) is 43.6 Å². The summed E-state index contributed by atoms with van der Waals surface area (Å²) in [7, 11) is 0. The van der Waals surface area contributed by atoms with Crippen LogP contribution in [0.15, 0.2) is 171 Å². The Morgan fingerprint density at radius 2 is 0.437 bits per heavy atom. The fourth-order valence-corrected chi connectivity index (χ4v) is 8.98. The minimum atomic E-state index is -0.514. The van der Waals surface area contributed by atoms with Crippen LogP contribution in [0.2, 0.25) is 0 Å². The fourth-order valence-electron chi connectivity index (χ4n) is 8.98. The van der Waals surface area contributed by atoms with Gasteiger partial charge in [-0.3, -0.25) is 49.5 Å². The predicted octanol–water partition coefficient (Wildman–Crippen LogP) is 4.11. The van der Waals surface area contributed by atoms with Crippen LogP contribution in [0.25, 0.3) is 109 Å². The summed E-state index contributed by atoms with van der Waals surface area (Å²) in [6, 6.07) is 38.9. The van der Waals surface area contributed by atoms with E-state index in [0.29, 0.717) is 65.7 Å². The van der Waals surface area contributed by atoms with Crippen LogP contribution in [0.1, 0.15) is 32.4 Å². The quantitative estimate of drug-likeness (QED) is 0.156. The molecule has 10 aromatic heterocycles. The van der Waals surface area contributed by atoms with Crippen LogP contribution in [0, 0.1) is 0 Å². The number of fused-ring (bicyclic) bond motifs is 20. The van der Waals surface area contributed by atoms with Gasteiger partial charge in [0.2, 0.25) is 11.6 Å². The third-order valence-corrected chi connectivity index (χ3v) is 12.0. The van der Waals surface area contributed by atoms with E-state index in [2.05, 4.69) is 88.4 Å². The number of pyridine rings is 8. The van der Waals surface area contributed by atoms with E-state index in [-0.39, 0.29) is 67.1 Å². The number of carbonyl (C=O) groups excluding carboxylic acids is 2. The smallest absolute Gasteiger partial charge is 1.00 e. The minimum absolute atomic E-state index is 0. The number of halogens is 2. The van der Waals surface area contributed by atoms with Gasteiger partial charge in [0.05, 0.1) is 66.2 Å². The first-order chi connectivity index (χ1) is 33.6. The Kier molecular flexibility index (Phi) is 12.2. The van der Waals surface area contributed by atoms with Crippen molar-refractivity contribution in [2.24, 2.45) is 0 Å². The maximum absolute atomic E-state index is 13.9. The number of benzene rings is 4. The van der Waals surface area contributed by atoms with Gasteiger partial charge in [-0.05, 0) is 72.8 Å². The molecule has 10 heterocycles. The number of nitrogens with zero attached hydrogens (tertiary/aromatic N) is 12. The topological polar surface area (TPSA) is 189 Å². The Bertz CT molecular complexity index is 3930. The SMILES string of the molecule is O=C1c2nc3c4cccnc4c4ncccc4c3nc2C(=O)c2nc3c4cccnc4c4ncccc4c3nc21.[Cl-].[Cl-].[Ru+2].c1cnc2c(c1)ccc1cccnc12.c1cnc2c(c1)ccc1cccnc12. The summed E-state index contributed by atoms with van der Waals surface area (Å²) in [6.45, 7) is 0. The van der Waals surface area contributed by atoms with Crippen molar-refractivity contribution in [3.8, 4) is 0 Å². The Balaban J connectivity index is 0.000000153. The van der Waals surface area contributed by atoms with E-state index < -0.39 is 11.6 Å². The first-order valence-electron chi connectivity index (χ1n) is 21.5. The van der Waals surface area contributed by atoms with Crippen LogP contribution in [0.4, 0.5) is 0 Å². The summed E-state index contributed by atoms with van der Waals surface area (Å²) < 4.78 is 0. The van der Waals surface area contributed by atoms with Crippen molar-refractivity contribution in [1.29, 1.82) is 0 Å². The molecule has 0 fully saturated rings. The van der Waals surface area contributed by atoms with Gasteiger partial charge in [0, 0.05) is 92.7 Å². The Morgan fingerprint density at radius 3 is 0.662 bits per heavy atom. The molecule has 1 aliphatic carbocycles. The van der Waals surface area contributed by atoms with Crippen molar-refractivity contribution >= 4 is 121 Å². The standard InChI is InChI=1S/C30H12N8O2.2C12H8N2.2ClH.Ru/c39-29-25-26(36-22-14-6-2-10-32-18(14)17-13(21(22)35-25)5-1-9-31-17)30(40)28-27(29)37-23-15-7-3-11-33-19(15)20-16(24(23)38-28)8-4-12-34-20;2*1-3-9-5-6-10-4-2-8-14-12(10)11(9)13-7-1;;;/h1-12H;2*1-8H;2*1H;/q;;;;;+2/p-2. The molecule has 0 unspecified atom stereocenters. The summed E-state index contributed by atoms with van der Waals surface area (Å²) >= 11 is 0. The molecule has 17 heteroatoms. The van der Waals surface area contributed by atoms with Gasteiger partial charge in [0.15, 0.2) is 0 Å². The second kappa shape index (κ2) is 18.7. The number of rotatable bonds is 0. The van der Waals surface area contributed by atoms with E-state index in [1.807, 2.05) is 48.5 Å². The van der Waals surface area contributed by atoms with Gasteiger partial charge in [0.25, 0.3) is 0 Å². The second-order valence-corrected chi connectivity index (χ2v) is 15.9. The third-order valence-electron chi connectivity index (χ3n) is 12.0. The zero-order chi connectivity index (χ0) is 45.3. The zero-order valence-electron chi connectivity index (χ0n) is 36.5. The predicted molar refractivity (Wildman–Crippen MR) is 261 cm³/mol. The van der Waals surface area contributed by atoms with Gasteiger partial charge in [-0.25, -0.2) is 19.9 Å². The van der Waals surface area contributed by atoms with E-state index in [1.165, 1.54) is 0 Å². The van der Waals surface area contributed by atoms with E-state index in [9.17, 15) is 9.59 Å². The van der Waals surface area contributed by atoms with Crippen molar-refractivity contribution in [2.45, 2.75) is 0 Å². The molecule has 0 atom stereocenters. The van der Waals surface area contributed by atoms with Crippen LogP contribution >= 0.6 is 0 Å². The monoisotopic (exact) mass is 1050 g/mol. The molecule has 0 spiro atoms. The Labute approximate surface area is 425 Å². The van der Waals surface area contributed by atoms with Crippen molar-refractivity contribution < 1.29 is 53.9 Å². The Morgan fingerprint density at radius 1 is 0.239 bits per heavy atom. The van der Waals surface area contributed by atoms with Crippen LogP contribution in [0.3, 0.4) is 0 Å². The molecule has 0 saturated carbocycles. The van der Waals surface area contributed by atoms with Gasteiger partial charge >= 0.3 is 19.5 Å². The number of ketones is 2. The molecule has 15 rings (SSSR count). The Hall–Kier alpha value is -8.62. The molecule has 14 aromatic rings. The fraction of sp³-hybridized carbons (Fsp3) is 0. The molecule has 0 bridgehead atoms. The van der Waals surface area contributed by atoms with Crippen molar-refractivity contribution in [3.63, 3.8) is 0 Å². The number of carbonyl (C=O) groups is 2. The number of hydrogen-bond donors (Lipinski definition) is 0. The number of hydrogen-bond acceptors (Lipinski definition) is 14. The van der Waals surface area contributed by atoms with Gasteiger partial charge in [-0.15, -0.1) is 0 Å². The van der Waals surface area contributed by atoms with Crippen LogP contribution in [0.5, 0.6) is 0 Å². The maximum atomic E-state index is 13.9. The van der Waals surface area contributed by atoms with Crippen LogP contribution < -0.4 is 24.8 Å². The summed E-state index contributed by atoms with van der Waals surface area (Å²) in [5.74, 6) is -1.03. The molecule has 0 N–H and O–H groups in total. The molecule has 0 saturated heterocycles. The number of aromatic nitrogens is 12. The summed E-state index contributed by atoms with van der Waals surface area (Å²) in [6.07, 6.45) is 13.9. The minimum Gasteiger partial charge on any atom is -1.00 e. The summed E-state index contributed by atoms with van der Waals surface area (Å²) in [5, 5.41) is 7.29. The average molecular weight is 1050 g/mol. The van der Waals surface area contributed by atoms with Gasteiger partial charge in [-0.1, -0.05) is 48.5 Å². The van der Waals surface area contributed by atoms with Crippen LogP contribution in [-0.2, 0) is 19.5 Å². The maximum Gasteiger partial charge on any atom is 2.00 e. The molecular formula is C54H28Cl2N12O2Ru. The van der Waals surface area contributed by atoms with Gasteiger partial charge in [-0.2, -0.15) is 0 Å².